The van der Waals surface area contributed by atoms with E-state index in [1.54, 1.807) is 30.3 Å². The number of benzene rings is 3. The Balaban J connectivity index is 1.80. The molecule has 0 unspecified atom stereocenters. The third-order valence-electron chi connectivity index (χ3n) is 5.31. The smallest absolute Gasteiger partial charge is 0.282 e. The first-order valence-electron chi connectivity index (χ1n) is 11.3. The number of para-hydroxylation sites is 2. The zero-order valence-electron chi connectivity index (χ0n) is 19.8. The van der Waals surface area contributed by atoms with Crippen molar-refractivity contribution in [2.75, 3.05) is 16.8 Å². The van der Waals surface area contributed by atoms with Crippen molar-refractivity contribution in [1.29, 1.82) is 0 Å². The highest BCUT2D eigenvalue weighted by Gasteiger charge is 2.40. The van der Waals surface area contributed by atoms with Crippen LogP contribution in [0.15, 0.2) is 78.5 Å². The number of rotatable bonds is 8. The molecule has 0 saturated carbocycles. The standard InChI is InChI=1S/C28H28N2O4/c1-5-33-24-12-7-6-11-23(24)29-26-25(20-13-15-22(16-14-20)34-18(2)3)27(31)30(28(26)32)21-10-8-9-19(4)17-21/h6-18,29H,5H2,1-4H3. The molecule has 1 heterocycles. The first-order valence-corrected chi connectivity index (χ1v) is 11.3. The molecule has 0 aromatic heterocycles. The van der Waals surface area contributed by atoms with Crippen molar-refractivity contribution < 1.29 is 19.1 Å². The summed E-state index contributed by atoms with van der Waals surface area (Å²) in [5, 5.41) is 3.20. The van der Waals surface area contributed by atoms with Gasteiger partial charge < -0.3 is 14.8 Å². The molecule has 0 radical (unpaired) electrons. The average molecular weight is 457 g/mol. The number of ether oxygens (including phenoxy) is 2. The number of aryl methyl sites for hydroxylation is 1. The third-order valence-corrected chi connectivity index (χ3v) is 5.31. The molecule has 1 aliphatic rings. The Bertz CT molecular complexity index is 1250. The lowest BCUT2D eigenvalue weighted by Crippen LogP contribution is -2.32. The monoisotopic (exact) mass is 456 g/mol. The van der Waals surface area contributed by atoms with E-state index in [9.17, 15) is 9.59 Å². The largest absolute Gasteiger partial charge is 0.492 e. The van der Waals surface area contributed by atoms with Gasteiger partial charge in [-0.15, -0.1) is 0 Å². The van der Waals surface area contributed by atoms with Crippen molar-refractivity contribution in [2.45, 2.75) is 33.8 Å². The van der Waals surface area contributed by atoms with Gasteiger partial charge in [0, 0.05) is 0 Å². The van der Waals surface area contributed by atoms with Gasteiger partial charge in [-0.05, 0) is 75.2 Å². The van der Waals surface area contributed by atoms with Crippen LogP contribution in [0.25, 0.3) is 5.57 Å². The maximum Gasteiger partial charge on any atom is 0.282 e. The van der Waals surface area contributed by atoms with E-state index in [0.29, 0.717) is 40.6 Å². The van der Waals surface area contributed by atoms with E-state index in [-0.39, 0.29) is 17.7 Å². The molecule has 6 heteroatoms. The molecule has 1 N–H and O–H groups in total. The summed E-state index contributed by atoms with van der Waals surface area (Å²) in [4.78, 5) is 28.5. The van der Waals surface area contributed by atoms with Crippen LogP contribution in [0.4, 0.5) is 11.4 Å². The van der Waals surface area contributed by atoms with E-state index in [2.05, 4.69) is 5.32 Å². The van der Waals surface area contributed by atoms with Gasteiger partial charge >= 0.3 is 0 Å². The number of hydrogen-bond acceptors (Lipinski definition) is 5. The summed E-state index contributed by atoms with van der Waals surface area (Å²) in [6.07, 6.45) is 0.0314. The molecule has 0 aliphatic carbocycles. The van der Waals surface area contributed by atoms with Crippen LogP contribution in [0, 0.1) is 6.92 Å². The summed E-state index contributed by atoms with van der Waals surface area (Å²) in [5.41, 5.74) is 3.23. The Kier molecular flexibility index (Phi) is 6.68. The molecule has 4 rings (SSSR count). The lowest BCUT2D eigenvalue weighted by Gasteiger charge is -2.16. The zero-order chi connectivity index (χ0) is 24.2. The van der Waals surface area contributed by atoms with E-state index in [1.165, 1.54) is 4.90 Å². The second-order valence-corrected chi connectivity index (χ2v) is 8.28. The van der Waals surface area contributed by atoms with E-state index in [0.717, 1.165) is 5.56 Å². The van der Waals surface area contributed by atoms with E-state index < -0.39 is 5.91 Å². The molecule has 0 bridgehead atoms. The van der Waals surface area contributed by atoms with Crippen LogP contribution in [0.2, 0.25) is 0 Å². The van der Waals surface area contributed by atoms with Crippen LogP contribution < -0.4 is 19.7 Å². The molecule has 34 heavy (non-hydrogen) atoms. The van der Waals surface area contributed by atoms with Crippen LogP contribution in [0.5, 0.6) is 11.5 Å². The fourth-order valence-electron chi connectivity index (χ4n) is 3.87. The van der Waals surface area contributed by atoms with Crippen molar-refractivity contribution in [3.05, 3.63) is 89.6 Å². The first-order chi connectivity index (χ1) is 16.4. The van der Waals surface area contributed by atoms with Gasteiger partial charge in [0.25, 0.3) is 11.8 Å². The van der Waals surface area contributed by atoms with Crippen LogP contribution in [-0.2, 0) is 9.59 Å². The molecule has 2 amide bonds. The summed E-state index contributed by atoms with van der Waals surface area (Å²) >= 11 is 0. The van der Waals surface area contributed by atoms with Crippen molar-refractivity contribution >= 4 is 28.8 Å². The normalized spacial score (nSPS) is 13.6. The molecular formula is C28H28N2O4. The summed E-state index contributed by atoms with van der Waals surface area (Å²) in [5.74, 6) is 0.499. The van der Waals surface area contributed by atoms with Gasteiger partial charge in [-0.1, -0.05) is 36.4 Å². The van der Waals surface area contributed by atoms with Gasteiger partial charge in [-0.3, -0.25) is 9.59 Å². The van der Waals surface area contributed by atoms with Gasteiger partial charge in [0.1, 0.15) is 17.2 Å². The molecule has 0 atom stereocenters. The molecule has 3 aromatic rings. The van der Waals surface area contributed by atoms with Crippen molar-refractivity contribution in [1.82, 2.24) is 0 Å². The second-order valence-electron chi connectivity index (χ2n) is 8.28. The average Bonchev–Trinajstić information content (AvgIpc) is 3.05. The predicted octanol–water partition coefficient (Wildman–Crippen LogP) is 5.58. The highest BCUT2D eigenvalue weighted by atomic mass is 16.5. The summed E-state index contributed by atoms with van der Waals surface area (Å²) in [7, 11) is 0. The Morgan fingerprint density at radius 2 is 1.65 bits per heavy atom. The highest BCUT2D eigenvalue weighted by Crippen LogP contribution is 2.36. The molecule has 3 aromatic carbocycles. The van der Waals surface area contributed by atoms with Crippen LogP contribution in [-0.4, -0.2) is 24.5 Å². The Morgan fingerprint density at radius 1 is 0.912 bits per heavy atom. The van der Waals surface area contributed by atoms with Crippen LogP contribution >= 0.6 is 0 Å². The lowest BCUT2D eigenvalue weighted by molar-refractivity contribution is -0.120. The summed E-state index contributed by atoms with van der Waals surface area (Å²) in [6, 6.07) is 21.9. The van der Waals surface area contributed by atoms with Crippen LogP contribution in [0.1, 0.15) is 31.9 Å². The number of amides is 2. The van der Waals surface area contributed by atoms with Gasteiger partial charge in [0.05, 0.1) is 29.7 Å². The Morgan fingerprint density at radius 3 is 2.32 bits per heavy atom. The fourth-order valence-corrected chi connectivity index (χ4v) is 3.87. The quantitative estimate of drug-likeness (QED) is 0.449. The number of anilines is 2. The summed E-state index contributed by atoms with van der Waals surface area (Å²) < 4.78 is 11.5. The molecule has 174 valence electrons. The molecule has 0 saturated heterocycles. The predicted molar refractivity (Wildman–Crippen MR) is 134 cm³/mol. The zero-order valence-corrected chi connectivity index (χ0v) is 19.8. The molecule has 0 fully saturated rings. The van der Waals surface area contributed by atoms with Gasteiger partial charge in [0.2, 0.25) is 0 Å². The Hall–Kier alpha value is -4.06. The number of nitrogens with one attached hydrogen (secondary N) is 1. The number of carbonyl (C=O) groups is 2. The van der Waals surface area contributed by atoms with Crippen molar-refractivity contribution in [3.8, 4) is 11.5 Å². The van der Waals surface area contributed by atoms with Crippen molar-refractivity contribution in [3.63, 3.8) is 0 Å². The van der Waals surface area contributed by atoms with E-state index in [4.69, 9.17) is 9.47 Å². The molecule has 1 aliphatic heterocycles. The SMILES string of the molecule is CCOc1ccccc1NC1=C(c2ccc(OC(C)C)cc2)C(=O)N(c2cccc(C)c2)C1=O. The number of carbonyl (C=O) groups excluding carboxylic acids is 2. The Labute approximate surface area is 199 Å². The second kappa shape index (κ2) is 9.83. The van der Waals surface area contributed by atoms with Gasteiger partial charge in [-0.2, -0.15) is 0 Å². The van der Waals surface area contributed by atoms with Crippen molar-refractivity contribution in [2.24, 2.45) is 0 Å². The first kappa shape index (κ1) is 23.1. The minimum atomic E-state index is -0.417. The number of hydrogen-bond donors (Lipinski definition) is 1. The lowest BCUT2D eigenvalue weighted by atomic mass is 10.0. The maximum atomic E-state index is 13.6. The van der Waals surface area contributed by atoms with E-state index in [1.807, 2.05) is 70.2 Å². The molecule has 0 spiro atoms. The van der Waals surface area contributed by atoms with Gasteiger partial charge in [-0.25, -0.2) is 4.90 Å². The third kappa shape index (κ3) is 4.66. The minimum absolute atomic E-state index is 0.0314. The number of imide groups is 1. The minimum Gasteiger partial charge on any atom is -0.492 e. The number of nitrogens with zero attached hydrogens (tertiary/aromatic N) is 1. The molecular weight excluding hydrogens is 428 g/mol. The highest BCUT2D eigenvalue weighted by molar-refractivity contribution is 6.46. The molecule has 6 nitrogen and oxygen atoms in total. The maximum absolute atomic E-state index is 13.6. The van der Waals surface area contributed by atoms with E-state index >= 15 is 0 Å². The topological polar surface area (TPSA) is 67.9 Å². The van der Waals surface area contributed by atoms with Gasteiger partial charge in [0.15, 0.2) is 0 Å². The summed E-state index contributed by atoms with van der Waals surface area (Å²) in [6.45, 7) is 8.20. The fraction of sp³-hybridized carbons (Fsp3) is 0.214. The van der Waals surface area contributed by atoms with Crippen LogP contribution in [0.3, 0.4) is 0 Å².